The summed E-state index contributed by atoms with van der Waals surface area (Å²) in [5, 5.41) is 18.1. The van der Waals surface area contributed by atoms with Crippen LogP contribution in [0.15, 0.2) is 22.7 Å². The molecule has 0 aliphatic rings. The predicted molar refractivity (Wildman–Crippen MR) is 53.8 cm³/mol. The van der Waals surface area contributed by atoms with Crippen molar-refractivity contribution in [2.24, 2.45) is 0 Å². The van der Waals surface area contributed by atoms with Gasteiger partial charge in [-0.3, -0.25) is 0 Å². The molecule has 0 saturated heterocycles. The number of phenolic OH excluding ortho intramolecular Hbond substituents is 1. The molecule has 0 bridgehead atoms. The highest BCUT2D eigenvalue weighted by atomic mass is 79.9. The number of phenols is 1. The Morgan fingerprint density at radius 3 is 2.77 bits per heavy atom. The van der Waals surface area contributed by atoms with Gasteiger partial charge < -0.3 is 10.3 Å². The number of hydrogen-bond donors (Lipinski definition) is 3. The Balaban J connectivity index is 3.03. The van der Waals surface area contributed by atoms with E-state index in [-0.39, 0.29) is 11.8 Å². The van der Waals surface area contributed by atoms with Crippen LogP contribution >= 0.6 is 15.9 Å². The van der Waals surface area contributed by atoms with E-state index in [1.54, 1.807) is 18.2 Å². The van der Waals surface area contributed by atoms with Gasteiger partial charge in [-0.05, 0) is 30.2 Å². The van der Waals surface area contributed by atoms with Gasteiger partial charge in [0.15, 0.2) is 0 Å². The number of aromatic hydroxyl groups is 1. The number of hydrogen-bond acceptors (Lipinski definition) is 3. The lowest BCUT2D eigenvalue weighted by molar-refractivity contribution is 0.124. The zero-order chi connectivity index (χ0) is 9.84. The van der Waals surface area contributed by atoms with Crippen molar-refractivity contribution in [3.05, 3.63) is 28.2 Å². The summed E-state index contributed by atoms with van der Waals surface area (Å²) in [6.45, 7) is 1.95. The van der Waals surface area contributed by atoms with E-state index >= 15 is 0 Å². The Bertz CT molecular complexity index is 287. The van der Waals surface area contributed by atoms with Crippen LogP contribution in [0.3, 0.4) is 0 Å². The molecule has 0 amide bonds. The van der Waals surface area contributed by atoms with Crippen molar-refractivity contribution < 1.29 is 10.3 Å². The quantitative estimate of drug-likeness (QED) is 0.718. The van der Waals surface area contributed by atoms with E-state index in [1.807, 2.05) is 6.92 Å². The highest BCUT2D eigenvalue weighted by Crippen LogP contribution is 2.28. The Labute approximate surface area is 85.5 Å². The van der Waals surface area contributed by atoms with Crippen molar-refractivity contribution in [3.8, 4) is 5.75 Å². The minimum absolute atomic E-state index is 0.151. The first-order valence-corrected chi connectivity index (χ1v) is 4.86. The average molecular weight is 246 g/mol. The second-order valence-electron chi connectivity index (χ2n) is 2.80. The van der Waals surface area contributed by atoms with Gasteiger partial charge in [-0.25, -0.2) is 0 Å². The molecule has 0 fully saturated rings. The maximum atomic E-state index is 9.25. The molecule has 0 saturated carbocycles. The number of nitrogens with one attached hydrogen (secondary N) is 1. The summed E-state index contributed by atoms with van der Waals surface area (Å²) in [6.07, 6.45) is 0.749. The highest BCUT2D eigenvalue weighted by molar-refractivity contribution is 9.10. The lowest BCUT2D eigenvalue weighted by Gasteiger charge is -2.14. The van der Waals surface area contributed by atoms with Crippen molar-refractivity contribution in [2.45, 2.75) is 19.4 Å². The van der Waals surface area contributed by atoms with Crippen LogP contribution in [0.25, 0.3) is 0 Å². The van der Waals surface area contributed by atoms with Crippen molar-refractivity contribution >= 4 is 15.9 Å². The molecular weight excluding hydrogens is 234 g/mol. The molecule has 0 heterocycles. The van der Waals surface area contributed by atoms with Crippen LogP contribution in [0.5, 0.6) is 5.75 Å². The molecule has 3 N–H and O–H groups in total. The molecule has 13 heavy (non-hydrogen) atoms. The Hall–Kier alpha value is -0.580. The molecule has 1 aromatic rings. The van der Waals surface area contributed by atoms with Crippen LogP contribution in [0, 0.1) is 0 Å². The van der Waals surface area contributed by atoms with Crippen LogP contribution in [-0.4, -0.2) is 10.3 Å². The molecule has 0 radical (unpaired) electrons. The molecule has 1 aromatic carbocycles. The summed E-state index contributed by atoms with van der Waals surface area (Å²) in [7, 11) is 0. The standard InChI is InChI=1S/C9H12BrNO2/c1-2-9(11-13)7-5-6(12)3-4-8(7)10/h3-5,9,11-13H,2H2,1H3/t9-/m0/s1. The second-order valence-corrected chi connectivity index (χ2v) is 3.65. The molecular formula is C9H12BrNO2. The maximum Gasteiger partial charge on any atom is 0.115 e. The predicted octanol–water partition coefficient (Wildman–Crippen LogP) is 2.58. The zero-order valence-electron chi connectivity index (χ0n) is 7.29. The average Bonchev–Trinajstić information content (AvgIpc) is 2.13. The fourth-order valence-corrected chi connectivity index (χ4v) is 1.70. The van der Waals surface area contributed by atoms with Gasteiger partial charge in [-0.1, -0.05) is 22.9 Å². The van der Waals surface area contributed by atoms with E-state index in [2.05, 4.69) is 21.4 Å². The van der Waals surface area contributed by atoms with E-state index in [0.717, 1.165) is 16.5 Å². The summed E-state index contributed by atoms with van der Waals surface area (Å²) >= 11 is 3.35. The first kappa shape index (κ1) is 10.5. The Morgan fingerprint density at radius 1 is 1.54 bits per heavy atom. The van der Waals surface area contributed by atoms with Crippen LogP contribution in [0.2, 0.25) is 0 Å². The monoisotopic (exact) mass is 245 g/mol. The molecule has 0 aromatic heterocycles. The SMILES string of the molecule is CC[C@H](NO)c1cc(O)ccc1Br. The van der Waals surface area contributed by atoms with Gasteiger partial charge in [0.1, 0.15) is 5.75 Å². The molecule has 4 heteroatoms. The molecule has 72 valence electrons. The zero-order valence-corrected chi connectivity index (χ0v) is 8.87. The molecule has 1 atom stereocenters. The largest absolute Gasteiger partial charge is 0.508 e. The lowest BCUT2D eigenvalue weighted by Crippen LogP contribution is -2.16. The van der Waals surface area contributed by atoms with Gasteiger partial charge in [-0.2, -0.15) is 5.48 Å². The normalized spacial score (nSPS) is 12.8. The van der Waals surface area contributed by atoms with Crippen molar-refractivity contribution in [1.29, 1.82) is 0 Å². The number of rotatable bonds is 3. The van der Waals surface area contributed by atoms with Crippen LogP contribution in [0.4, 0.5) is 0 Å². The first-order valence-electron chi connectivity index (χ1n) is 4.07. The summed E-state index contributed by atoms with van der Waals surface area (Å²) in [5.74, 6) is 0.201. The van der Waals surface area contributed by atoms with Crippen LogP contribution in [0.1, 0.15) is 24.9 Å². The van der Waals surface area contributed by atoms with Gasteiger partial charge in [0.25, 0.3) is 0 Å². The van der Waals surface area contributed by atoms with Gasteiger partial charge in [0.05, 0.1) is 6.04 Å². The fraction of sp³-hybridized carbons (Fsp3) is 0.333. The summed E-state index contributed by atoms with van der Waals surface area (Å²) < 4.78 is 0.874. The van der Waals surface area contributed by atoms with Crippen molar-refractivity contribution in [1.82, 2.24) is 5.48 Å². The summed E-state index contributed by atoms with van der Waals surface area (Å²) in [6, 6.07) is 4.82. The van der Waals surface area contributed by atoms with Gasteiger partial charge in [0.2, 0.25) is 0 Å². The lowest BCUT2D eigenvalue weighted by atomic mass is 10.1. The van der Waals surface area contributed by atoms with Crippen molar-refractivity contribution in [2.75, 3.05) is 0 Å². The molecule has 3 nitrogen and oxygen atoms in total. The third kappa shape index (κ3) is 2.43. The number of halogens is 1. The van der Waals surface area contributed by atoms with Gasteiger partial charge in [0, 0.05) is 4.47 Å². The Kier molecular flexibility index (Phi) is 3.71. The van der Waals surface area contributed by atoms with E-state index < -0.39 is 0 Å². The topological polar surface area (TPSA) is 52.5 Å². The van der Waals surface area contributed by atoms with Crippen molar-refractivity contribution in [3.63, 3.8) is 0 Å². The molecule has 0 spiro atoms. The minimum Gasteiger partial charge on any atom is -0.508 e. The Morgan fingerprint density at radius 2 is 2.23 bits per heavy atom. The van der Waals surface area contributed by atoms with Crippen LogP contribution < -0.4 is 5.48 Å². The smallest absolute Gasteiger partial charge is 0.115 e. The van der Waals surface area contributed by atoms with Gasteiger partial charge >= 0.3 is 0 Å². The van der Waals surface area contributed by atoms with Crippen LogP contribution in [-0.2, 0) is 0 Å². The molecule has 0 unspecified atom stereocenters. The fourth-order valence-electron chi connectivity index (χ4n) is 1.18. The molecule has 1 rings (SSSR count). The van der Waals surface area contributed by atoms with E-state index in [0.29, 0.717) is 0 Å². The summed E-state index contributed by atoms with van der Waals surface area (Å²) in [4.78, 5) is 0. The van der Waals surface area contributed by atoms with E-state index in [4.69, 9.17) is 5.21 Å². The first-order chi connectivity index (χ1) is 6.19. The molecule has 0 aliphatic heterocycles. The highest BCUT2D eigenvalue weighted by Gasteiger charge is 2.11. The maximum absolute atomic E-state index is 9.25. The summed E-state index contributed by atoms with van der Waals surface area (Å²) in [5.41, 5.74) is 3.05. The third-order valence-corrected chi connectivity index (χ3v) is 2.64. The molecule has 0 aliphatic carbocycles. The number of hydroxylamine groups is 1. The minimum atomic E-state index is -0.151. The second kappa shape index (κ2) is 4.60. The van der Waals surface area contributed by atoms with E-state index in [1.165, 1.54) is 0 Å². The number of benzene rings is 1. The third-order valence-electron chi connectivity index (χ3n) is 1.92. The van der Waals surface area contributed by atoms with E-state index in [9.17, 15) is 5.11 Å². The van der Waals surface area contributed by atoms with Gasteiger partial charge in [-0.15, -0.1) is 0 Å².